The third-order valence-corrected chi connectivity index (χ3v) is 7.24. The van der Waals surface area contributed by atoms with Crippen LogP contribution in [0.5, 0.6) is 0 Å². The molecule has 3 rings (SSSR count). The van der Waals surface area contributed by atoms with Gasteiger partial charge in [-0.3, -0.25) is 9.32 Å². The second kappa shape index (κ2) is 12.0. The van der Waals surface area contributed by atoms with Crippen LogP contribution >= 0.6 is 7.75 Å². The Bertz CT molecular complexity index is 1140. The zero-order chi connectivity index (χ0) is 27.5. The first-order chi connectivity index (χ1) is 17.3. The van der Waals surface area contributed by atoms with Gasteiger partial charge in [-0.25, -0.2) is 14.4 Å². The second-order valence-electron chi connectivity index (χ2n) is 9.58. The number of nitrogens with one attached hydrogen (secondary N) is 3. The molecular formula is C23H34N3O10P. The SMILES string of the molecule is CC(C)C[C@H](NP(=O)(O)OC1OC(C)C(O)C(O)C1O)C(=O)N[C@H](Cc1c[nH]c2ccccc12)C(=O)O. The van der Waals surface area contributed by atoms with Gasteiger partial charge in [0.1, 0.15) is 24.4 Å². The van der Waals surface area contributed by atoms with E-state index in [1.165, 1.54) is 6.92 Å². The number of aliphatic carboxylic acids is 1. The van der Waals surface area contributed by atoms with Crippen molar-refractivity contribution >= 4 is 30.5 Å². The number of H-pyrrole nitrogens is 1. The van der Waals surface area contributed by atoms with Crippen LogP contribution in [-0.4, -0.2) is 85.0 Å². The van der Waals surface area contributed by atoms with Crippen molar-refractivity contribution in [1.82, 2.24) is 15.4 Å². The molecule has 1 amide bonds. The van der Waals surface area contributed by atoms with E-state index < -0.39 is 62.4 Å². The third kappa shape index (κ3) is 7.37. The molecule has 1 aliphatic heterocycles. The van der Waals surface area contributed by atoms with Crippen molar-refractivity contribution < 1.29 is 48.7 Å². The standard InChI is InChI=1S/C23H34N3O10P/c1-11(2)8-16(26-37(33,34)36-23-20(29)19(28)18(27)12(3)35-23)21(30)25-17(22(31)32)9-13-10-24-15-7-5-4-6-14(13)15/h4-7,10-12,16-20,23-24,27-29H,8-9H2,1-3H3,(H,25,30)(H,31,32)(H2,26,33,34)/t12?,16-,17+,18?,19?,20?,23?/m0/s1. The van der Waals surface area contributed by atoms with E-state index in [2.05, 4.69) is 15.4 Å². The number of hydrogen-bond acceptors (Lipinski definition) is 8. The van der Waals surface area contributed by atoms with Crippen molar-refractivity contribution in [3.05, 3.63) is 36.0 Å². The van der Waals surface area contributed by atoms with E-state index in [1.54, 1.807) is 20.0 Å². The molecule has 2 heterocycles. The Morgan fingerprint density at radius 1 is 1.14 bits per heavy atom. The van der Waals surface area contributed by atoms with E-state index in [9.17, 15) is 39.5 Å². The zero-order valence-electron chi connectivity index (χ0n) is 20.6. The van der Waals surface area contributed by atoms with E-state index in [1.807, 2.05) is 24.3 Å². The summed E-state index contributed by atoms with van der Waals surface area (Å²) in [6, 6.07) is 4.63. The predicted molar refractivity (Wildman–Crippen MR) is 131 cm³/mol. The topological polar surface area (TPSA) is 211 Å². The van der Waals surface area contributed by atoms with Gasteiger partial charge in [-0.1, -0.05) is 32.0 Å². The van der Waals surface area contributed by atoms with Crippen LogP contribution in [0.1, 0.15) is 32.8 Å². The molecule has 0 spiro atoms. The molecule has 1 aromatic heterocycles. The van der Waals surface area contributed by atoms with E-state index >= 15 is 0 Å². The second-order valence-corrected chi connectivity index (χ2v) is 11.1. The number of aliphatic hydroxyl groups is 3. The molecular weight excluding hydrogens is 509 g/mol. The Morgan fingerprint density at radius 2 is 1.81 bits per heavy atom. The van der Waals surface area contributed by atoms with Crippen molar-refractivity contribution in [2.45, 2.75) is 76.4 Å². The number of hydrogen-bond donors (Lipinski definition) is 8. The van der Waals surface area contributed by atoms with Gasteiger partial charge < -0.3 is 40.4 Å². The van der Waals surface area contributed by atoms with Crippen LogP contribution in [-0.2, 0) is 29.8 Å². The number of aromatic amines is 1. The molecule has 0 bridgehead atoms. The van der Waals surface area contributed by atoms with Crippen molar-refractivity contribution in [3.8, 4) is 0 Å². The Hall–Kier alpha value is -2.35. The van der Waals surface area contributed by atoms with E-state index in [0.717, 1.165) is 10.9 Å². The Balaban J connectivity index is 1.72. The largest absolute Gasteiger partial charge is 0.480 e. The van der Waals surface area contributed by atoms with Crippen LogP contribution in [0, 0.1) is 5.92 Å². The number of rotatable bonds is 11. The minimum absolute atomic E-state index is 0.0347. The maximum absolute atomic E-state index is 13.1. The summed E-state index contributed by atoms with van der Waals surface area (Å²) in [5, 5.41) is 45.0. The fourth-order valence-corrected chi connectivity index (χ4v) is 5.28. The number of carbonyl (C=O) groups excluding carboxylic acids is 1. The van der Waals surface area contributed by atoms with Crippen molar-refractivity contribution in [3.63, 3.8) is 0 Å². The molecule has 14 heteroatoms. The van der Waals surface area contributed by atoms with Gasteiger partial charge in [-0.15, -0.1) is 0 Å². The highest BCUT2D eigenvalue weighted by Gasteiger charge is 2.45. The monoisotopic (exact) mass is 543 g/mol. The lowest BCUT2D eigenvalue weighted by Gasteiger charge is -2.39. The number of aromatic nitrogens is 1. The number of ether oxygens (including phenoxy) is 1. The lowest BCUT2D eigenvalue weighted by molar-refractivity contribution is -0.270. The normalized spacial score (nSPS) is 27.5. The highest BCUT2D eigenvalue weighted by atomic mass is 31.2. The van der Waals surface area contributed by atoms with Gasteiger partial charge in [0.2, 0.25) is 5.91 Å². The van der Waals surface area contributed by atoms with Gasteiger partial charge in [0.15, 0.2) is 6.29 Å². The van der Waals surface area contributed by atoms with Crippen molar-refractivity contribution in [2.24, 2.45) is 5.92 Å². The highest BCUT2D eigenvalue weighted by molar-refractivity contribution is 7.50. The van der Waals surface area contributed by atoms with Crippen LogP contribution in [0.25, 0.3) is 10.9 Å². The van der Waals surface area contributed by atoms with Crippen LogP contribution in [0.2, 0.25) is 0 Å². The molecule has 206 valence electrons. The minimum atomic E-state index is -4.83. The first-order valence-electron chi connectivity index (χ1n) is 11.9. The number of benzene rings is 1. The summed E-state index contributed by atoms with van der Waals surface area (Å²) in [5.74, 6) is -2.27. The summed E-state index contributed by atoms with van der Waals surface area (Å²) in [4.78, 5) is 38.5. The summed E-state index contributed by atoms with van der Waals surface area (Å²) < 4.78 is 23.0. The number of carbonyl (C=O) groups is 2. The Morgan fingerprint density at radius 3 is 2.46 bits per heavy atom. The van der Waals surface area contributed by atoms with Crippen molar-refractivity contribution in [2.75, 3.05) is 0 Å². The highest BCUT2D eigenvalue weighted by Crippen LogP contribution is 2.42. The Labute approximate surface area is 213 Å². The quantitative estimate of drug-likeness (QED) is 0.180. The summed E-state index contributed by atoms with van der Waals surface area (Å²) in [5.41, 5.74) is 1.48. The average molecular weight is 544 g/mol. The predicted octanol–water partition coefficient (Wildman–Crippen LogP) is 0.229. The molecule has 1 aromatic carbocycles. The summed E-state index contributed by atoms with van der Waals surface area (Å²) >= 11 is 0. The number of fused-ring (bicyclic) bond motifs is 1. The van der Waals surface area contributed by atoms with Crippen LogP contribution < -0.4 is 10.4 Å². The van der Waals surface area contributed by atoms with Gasteiger partial charge in [0.25, 0.3) is 0 Å². The maximum Gasteiger partial charge on any atom is 0.406 e. The van der Waals surface area contributed by atoms with Gasteiger partial charge >= 0.3 is 13.7 Å². The van der Waals surface area contributed by atoms with Gasteiger partial charge in [0, 0.05) is 23.5 Å². The summed E-state index contributed by atoms with van der Waals surface area (Å²) in [7, 11) is -4.83. The Kier molecular flexibility index (Phi) is 9.48. The lowest BCUT2D eigenvalue weighted by atomic mass is 10.0. The third-order valence-electron chi connectivity index (χ3n) is 6.11. The molecule has 8 atom stereocenters. The number of carboxylic acids is 1. The minimum Gasteiger partial charge on any atom is -0.480 e. The van der Waals surface area contributed by atoms with Crippen molar-refractivity contribution in [1.29, 1.82) is 0 Å². The van der Waals surface area contributed by atoms with Gasteiger partial charge in [0.05, 0.1) is 12.1 Å². The molecule has 8 N–H and O–H groups in total. The van der Waals surface area contributed by atoms with Gasteiger partial charge in [-0.2, -0.15) is 0 Å². The number of para-hydroxylation sites is 1. The number of aliphatic hydroxyl groups excluding tert-OH is 3. The average Bonchev–Trinajstić information content (AvgIpc) is 3.22. The molecule has 1 saturated heterocycles. The molecule has 2 aromatic rings. The van der Waals surface area contributed by atoms with E-state index in [0.29, 0.717) is 5.56 Å². The number of carboxylic acid groups (broad SMARTS) is 1. The molecule has 13 nitrogen and oxygen atoms in total. The lowest BCUT2D eigenvalue weighted by Crippen LogP contribution is -2.57. The van der Waals surface area contributed by atoms with Crippen LogP contribution in [0.4, 0.5) is 0 Å². The molecule has 0 saturated carbocycles. The van der Waals surface area contributed by atoms with Crippen LogP contribution in [0.15, 0.2) is 30.5 Å². The number of amides is 1. The van der Waals surface area contributed by atoms with Crippen LogP contribution in [0.3, 0.4) is 0 Å². The zero-order valence-corrected chi connectivity index (χ0v) is 21.5. The summed E-state index contributed by atoms with van der Waals surface area (Å²) in [6.07, 6.45) is -6.08. The molecule has 0 radical (unpaired) electrons. The van der Waals surface area contributed by atoms with E-state index in [-0.39, 0.29) is 18.8 Å². The summed E-state index contributed by atoms with van der Waals surface area (Å²) in [6.45, 7) is 4.90. The first kappa shape index (κ1) is 29.2. The molecule has 1 fully saturated rings. The molecule has 1 aliphatic rings. The molecule has 0 aliphatic carbocycles. The molecule has 6 unspecified atom stereocenters. The maximum atomic E-state index is 13.1. The molecule has 37 heavy (non-hydrogen) atoms. The first-order valence-corrected chi connectivity index (χ1v) is 13.4. The fraction of sp³-hybridized carbons (Fsp3) is 0.565. The smallest absolute Gasteiger partial charge is 0.406 e. The van der Waals surface area contributed by atoms with Gasteiger partial charge in [-0.05, 0) is 30.9 Å². The van der Waals surface area contributed by atoms with E-state index in [4.69, 9.17) is 9.26 Å². The fourth-order valence-electron chi connectivity index (χ4n) is 4.15.